The van der Waals surface area contributed by atoms with Crippen LogP contribution in [0.1, 0.15) is 5.56 Å². The van der Waals surface area contributed by atoms with Crippen molar-refractivity contribution in [1.29, 1.82) is 0 Å². The van der Waals surface area contributed by atoms with E-state index >= 15 is 0 Å². The zero-order valence-corrected chi connectivity index (χ0v) is 16.2. The van der Waals surface area contributed by atoms with Crippen molar-refractivity contribution in [1.82, 2.24) is 5.32 Å². The van der Waals surface area contributed by atoms with Gasteiger partial charge in [0.1, 0.15) is 17.2 Å². The number of ether oxygens (including phenoxy) is 2. The van der Waals surface area contributed by atoms with Gasteiger partial charge in [0.25, 0.3) is 5.91 Å². The smallest absolute Gasteiger partial charge is 0.264 e. The first-order valence-electron chi connectivity index (χ1n) is 8.72. The van der Waals surface area contributed by atoms with Crippen LogP contribution in [0.3, 0.4) is 0 Å². The molecule has 2 N–H and O–H groups in total. The lowest BCUT2D eigenvalue weighted by molar-refractivity contribution is -0.121. The van der Waals surface area contributed by atoms with Crippen LogP contribution in [-0.4, -0.2) is 17.6 Å². The van der Waals surface area contributed by atoms with Crippen LogP contribution < -0.4 is 20.1 Å². The van der Waals surface area contributed by atoms with Crippen LogP contribution in [0.25, 0.3) is 0 Å². The van der Waals surface area contributed by atoms with Crippen LogP contribution >= 0.6 is 12.2 Å². The molecule has 3 aromatic carbocycles. The number of hydrogen-bond acceptors (Lipinski definition) is 4. The molecule has 0 heterocycles. The van der Waals surface area contributed by atoms with E-state index in [0.717, 1.165) is 11.4 Å². The second-order valence-electron chi connectivity index (χ2n) is 6.04. The summed E-state index contributed by atoms with van der Waals surface area (Å²) in [5.74, 6) is 1.77. The summed E-state index contributed by atoms with van der Waals surface area (Å²) in [6.07, 6.45) is 0. The molecular formula is C22H20N2O3S. The van der Waals surface area contributed by atoms with Crippen molar-refractivity contribution < 1.29 is 14.3 Å². The summed E-state index contributed by atoms with van der Waals surface area (Å²) in [4.78, 5) is 11.9. The SMILES string of the molecule is Cc1ccc(Oc2ccc(NC(=S)NC(=O)COc3ccccc3)cc2)cc1. The largest absolute Gasteiger partial charge is 0.484 e. The number of para-hydroxylation sites is 1. The summed E-state index contributed by atoms with van der Waals surface area (Å²) in [5, 5.41) is 5.74. The second-order valence-corrected chi connectivity index (χ2v) is 6.45. The van der Waals surface area contributed by atoms with E-state index in [2.05, 4.69) is 10.6 Å². The highest BCUT2D eigenvalue weighted by Crippen LogP contribution is 2.23. The fourth-order valence-electron chi connectivity index (χ4n) is 2.34. The molecule has 0 atom stereocenters. The number of aryl methyl sites for hydroxylation is 1. The molecule has 0 spiro atoms. The predicted molar refractivity (Wildman–Crippen MR) is 114 cm³/mol. The highest BCUT2D eigenvalue weighted by atomic mass is 32.1. The van der Waals surface area contributed by atoms with Gasteiger partial charge in [-0.2, -0.15) is 0 Å². The average Bonchev–Trinajstić information content (AvgIpc) is 2.70. The number of hydrogen-bond donors (Lipinski definition) is 2. The first-order chi connectivity index (χ1) is 13.6. The van der Waals surface area contributed by atoms with Gasteiger partial charge in [-0.15, -0.1) is 0 Å². The number of carbonyl (C=O) groups excluding carboxylic acids is 1. The van der Waals surface area contributed by atoms with Gasteiger partial charge in [0.15, 0.2) is 11.7 Å². The van der Waals surface area contributed by atoms with Gasteiger partial charge in [0, 0.05) is 5.69 Å². The average molecular weight is 392 g/mol. The van der Waals surface area contributed by atoms with E-state index < -0.39 is 0 Å². The molecule has 0 aromatic heterocycles. The molecule has 0 unspecified atom stereocenters. The van der Waals surface area contributed by atoms with Gasteiger partial charge < -0.3 is 14.8 Å². The minimum Gasteiger partial charge on any atom is -0.484 e. The first-order valence-corrected chi connectivity index (χ1v) is 9.12. The van der Waals surface area contributed by atoms with Crippen molar-refractivity contribution in [2.75, 3.05) is 11.9 Å². The topological polar surface area (TPSA) is 59.6 Å². The molecule has 6 heteroatoms. The molecule has 0 saturated heterocycles. The normalized spacial score (nSPS) is 10.0. The van der Waals surface area contributed by atoms with Gasteiger partial charge in [0.2, 0.25) is 0 Å². The predicted octanol–water partition coefficient (Wildman–Crippen LogP) is 4.68. The Labute approximate surface area is 169 Å². The van der Waals surface area contributed by atoms with Crippen molar-refractivity contribution in [3.05, 3.63) is 84.4 Å². The van der Waals surface area contributed by atoms with E-state index in [4.69, 9.17) is 21.7 Å². The Morgan fingerprint density at radius 2 is 1.46 bits per heavy atom. The molecule has 0 radical (unpaired) electrons. The van der Waals surface area contributed by atoms with E-state index in [1.165, 1.54) is 5.56 Å². The van der Waals surface area contributed by atoms with Crippen LogP contribution in [0, 0.1) is 6.92 Å². The highest BCUT2D eigenvalue weighted by Gasteiger charge is 2.06. The van der Waals surface area contributed by atoms with Crippen molar-refractivity contribution in [3.8, 4) is 17.2 Å². The van der Waals surface area contributed by atoms with Crippen molar-refractivity contribution in [2.24, 2.45) is 0 Å². The van der Waals surface area contributed by atoms with Gasteiger partial charge in [-0.1, -0.05) is 35.9 Å². The minimum absolute atomic E-state index is 0.116. The monoisotopic (exact) mass is 392 g/mol. The van der Waals surface area contributed by atoms with Gasteiger partial charge in [-0.25, -0.2) is 0 Å². The Balaban J connectivity index is 1.46. The second kappa shape index (κ2) is 9.53. The zero-order valence-electron chi connectivity index (χ0n) is 15.3. The first kappa shape index (κ1) is 19.4. The molecule has 1 amide bonds. The molecule has 3 rings (SSSR count). The molecule has 142 valence electrons. The molecular weight excluding hydrogens is 372 g/mol. The Morgan fingerprint density at radius 1 is 0.857 bits per heavy atom. The third-order valence-corrected chi connectivity index (χ3v) is 3.94. The Kier molecular flexibility index (Phi) is 6.59. The van der Waals surface area contributed by atoms with Gasteiger partial charge in [0.05, 0.1) is 0 Å². The molecule has 3 aromatic rings. The fourth-order valence-corrected chi connectivity index (χ4v) is 2.57. The molecule has 28 heavy (non-hydrogen) atoms. The van der Waals surface area contributed by atoms with E-state index in [-0.39, 0.29) is 17.6 Å². The van der Waals surface area contributed by atoms with Crippen LogP contribution in [0.4, 0.5) is 5.69 Å². The van der Waals surface area contributed by atoms with E-state index in [1.807, 2.05) is 73.7 Å². The molecule has 0 fully saturated rings. The van der Waals surface area contributed by atoms with Crippen LogP contribution in [0.5, 0.6) is 17.2 Å². The minimum atomic E-state index is -0.333. The van der Waals surface area contributed by atoms with Crippen molar-refractivity contribution in [2.45, 2.75) is 6.92 Å². The van der Waals surface area contributed by atoms with Crippen LogP contribution in [0.2, 0.25) is 0 Å². The maximum Gasteiger partial charge on any atom is 0.264 e. The lowest BCUT2D eigenvalue weighted by atomic mass is 10.2. The standard InChI is InChI=1S/C22H20N2O3S/c1-16-7-11-19(12-8-16)27-20-13-9-17(10-14-20)23-22(28)24-21(25)15-26-18-5-3-2-4-6-18/h2-14H,15H2,1H3,(H2,23,24,25,28). The molecule has 0 bridgehead atoms. The summed E-state index contributed by atoms with van der Waals surface area (Å²) >= 11 is 5.16. The highest BCUT2D eigenvalue weighted by molar-refractivity contribution is 7.80. The summed E-state index contributed by atoms with van der Waals surface area (Å²) in [6.45, 7) is 1.91. The number of amides is 1. The van der Waals surface area contributed by atoms with Crippen molar-refractivity contribution >= 4 is 28.9 Å². The quantitative estimate of drug-likeness (QED) is 0.597. The summed E-state index contributed by atoms with van der Waals surface area (Å²) in [5.41, 5.74) is 1.92. The van der Waals surface area contributed by atoms with E-state index in [9.17, 15) is 4.79 Å². The molecule has 0 aliphatic carbocycles. The number of nitrogens with one attached hydrogen (secondary N) is 2. The number of carbonyl (C=O) groups is 1. The Bertz CT molecular complexity index is 926. The third kappa shape index (κ3) is 6.10. The number of anilines is 1. The Morgan fingerprint density at radius 3 is 2.11 bits per heavy atom. The van der Waals surface area contributed by atoms with Crippen LogP contribution in [-0.2, 0) is 4.79 Å². The lowest BCUT2D eigenvalue weighted by Gasteiger charge is -2.11. The molecule has 5 nitrogen and oxygen atoms in total. The van der Waals surface area contributed by atoms with Gasteiger partial charge in [-0.3, -0.25) is 10.1 Å². The van der Waals surface area contributed by atoms with Crippen LogP contribution in [0.15, 0.2) is 78.9 Å². The number of thiocarbonyl (C=S) groups is 1. The maximum absolute atomic E-state index is 11.9. The van der Waals surface area contributed by atoms with E-state index in [0.29, 0.717) is 11.5 Å². The molecule has 0 aliphatic rings. The fraction of sp³-hybridized carbons (Fsp3) is 0.0909. The van der Waals surface area contributed by atoms with Gasteiger partial charge >= 0.3 is 0 Å². The summed E-state index contributed by atoms with van der Waals surface area (Å²) in [6, 6.07) is 24.2. The van der Waals surface area contributed by atoms with E-state index in [1.54, 1.807) is 12.1 Å². The zero-order chi connectivity index (χ0) is 19.8. The van der Waals surface area contributed by atoms with Gasteiger partial charge in [-0.05, 0) is 67.7 Å². The lowest BCUT2D eigenvalue weighted by Crippen LogP contribution is -2.37. The number of rotatable bonds is 6. The number of benzene rings is 3. The summed E-state index contributed by atoms with van der Waals surface area (Å²) < 4.78 is 11.2. The Hall–Kier alpha value is -3.38. The summed E-state index contributed by atoms with van der Waals surface area (Å²) in [7, 11) is 0. The maximum atomic E-state index is 11.9. The van der Waals surface area contributed by atoms with Crippen molar-refractivity contribution in [3.63, 3.8) is 0 Å². The third-order valence-electron chi connectivity index (χ3n) is 3.73. The molecule has 0 saturated carbocycles. The molecule has 0 aliphatic heterocycles.